The first-order chi connectivity index (χ1) is 12.0. The molecule has 2 aromatic rings. The molecular weight excluding hydrogens is 344 g/mol. The molecule has 0 aromatic heterocycles. The first-order valence-electron chi connectivity index (χ1n) is 7.61. The molecule has 0 saturated heterocycles. The fourth-order valence-corrected chi connectivity index (χ4v) is 2.21. The number of hydrogen-bond acceptors (Lipinski definition) is 4. The van der Waals surface area contributed by atoms with E-state index < -0.39 is 5.91 Å². The third-order valence-electron chi connectivity index (χ3n) is 3.35. The molecule has 132 valence electrons. The Hall–Kier alpha value is -2.73. The molecule has 7 heteroatoms. The van der Waals surface area contributed by atoms with Crippen molar-refractivity contribution in [2.24, 2.45) is 5.73 Å². The standard InChI is InChI=1S/C18H19ClN2O4/c1-21(10-11-24-16-5-3-2-4-15(16)19)18(23)13-6-8-14(9-7-13)25-12-17(20)22/h2-9H,10-12H2,1H3,(H2,20,22). The predicted molar refractivity (Wildman–Crippen MR) is 95.0 cm³/mol. The normalized spacial score (nSPS) is 10.2. The van der Waals surface area contributed by atoms with Crippen LogP contribution in [0.5, 0.6) is 11.5 Å². The van der Waals surface area contributed by atoms with Crippen LogP contribution in [0.15, 0.2) is 48.5 Å². The second-order valence-corrected chi connectivity index (χ2v) is 5.69. The van der Waals surface area contributed by atoms with Crippen LogP contribution >= 0.6 is 11.6 Å². The van der Waals surface area contributed by atoms with Gasteiger partial charge < -0.3 is 20.1 Å². The molecule has 0 fully saturated rings. The highest BCUT2D eigenvalue weighted by Gasteiger charge is 2.12. The van der Waals surface area contributed by atoms with Crippen molar-refractivity contribution in [2.45, 2.75) is 0 Å². The molecule has 0 aliphatic rings. The van der Waals surface area contributed by atoms with E-state index in [0.717, 1.165) is 0 Å². The van der Waals surface area contributed by atoms with Crippen molar-refractivity contribution in [1.29, 1.82) is 0 Å². The number of nitrogens with zero attached hydrogens (tertiary/aromatic N) is 1. The summed E-state index contributed by atoms with van der Waals surface area (Å²) < 4.78 is 10.7. The maximum atomic E-state index is 12.4. The van der Waals surface area contributed by atoms with Crippen LogP contribution in [0.4, 0.5) is 0 Å². The van der Waals surface area contributed by atoms with Gasteiger partial charge in [-0.25, -0.2) is 0 Å². The Morgan fingerprint density at radius 2 is 1.76 bits per heavy atom. The summed E-state index contributed by atoms with van der Waals surface area (Å²) in [5.74, 6) is 0.351. The highest BCUT2D eigenvalue weighted by Crippen LogP contribution is 2.22. The molecule has 0 saturated carbocycles. The number of carbonyl (C=O) groups is 2. The van der Waals surface area contributed by atoms with Crippen LogP contribution < -0.4 is 15.2 Å². The fraction of sp³-hybridized carbons (Fsp3) is 0.222. The van der Waals surface area contributed by atoms with Gasteiger partial charge in [0.15, 0.2) is 6.61 Å². The minimum absolute atomic E-state index is 0.149. The van der Waals surface area contributed by atoms with Crippen molar-refractivity contribution in [3.63, 3.8) is 0 Å². The third kappa shape index (κ3) is 5.69. The summed E-state index contributed by atoms with van der Waals surface area (Å²) >= 11 is 6.01. The second-order valence-electron chi connectivity index (χ2n) is 5.28. The molecule has 2 amide bonds. The first-order valence-corrected chi connectivity index (χ1v) is 7.99. The number of amides is 2. The number of ether oxygens (including phenoxy) is 2. The van der Waals surface area contributed by atoms with Crippen LogP contribution in [0.2, 0.25) is 5.02 Å². The van der Waals surface area contributed by atoms with E-state index in [0.29, 0.717) is 35.2 Å². The highest BCUT2D eigenvalue weighted by molar-refractivity contribution is 6.32. The van der Waals surface area contributed by atoms with E-state index in [-0.39, 0.29) is 12.5 Å². The number of carbonyl (C=O) groups excluding carboxylic acids is 2. The summed E-state index contributed by atoms with van der Waals surface area (Å²) in [6.45, 7) is 0.530. The Bertz CT molecular complexity index is 734. The predicted octanol–water partition coefficient (Wildman–Crippen LogP) is 2.36. The van der Waals surface area contributed by atoms with E-state index >= 15 is 0 Å². The number of halogens is 1. The van der Waals surface area contributed by atoms with E-state index in [2.05, 4.69) is 0 Å². The molecule has 2 N–H and O–H groups in total. The molecule has 0 radical (unpaired) electrons. The number of nitrogens with two attached hydrogens (primary N) is 1. The zero-order valence-corrected chi connectivity index (χ0v) is 14.5. The number of rotatable bonds is 8. The minimum atomic E-state index is -0.557. The Morgan fingerprint density at radius 1 is 1.08 bits per heavy atom. The third-order valence-corrected chi connectivity index (χ3v) is 3.66. The van der Waals surface area contributed by atoms with Gasteiger partial charge in [-0.3, -0.25) is 9.59 Å². The van der Waals surface area contributed by atoms with Gasteiger partial charge in [0.05, 0.1) is 11.6 Å². The van der Waals surface area contributed by atoms with Gasteiger partial charge in [0.1, 0.15) is 18.1 Å². The van der Waals surface area contributed by atoms with Gasteiger partial charge in [-0.2, -0.15) is 0 Å². The largest absolute Gasteiger partial charge is 0.490 e. The molecular formula is C18H19ClN2O4. The van der Waals surface area contributed by atoms with Crippen molar-refractivity contribution >= 4 is 23.4 Å². The van der Waals surface area contributed by atoms with Crippen molar-refractivity contribution in [1.82, 2.24) is 4.90 Å². The number of hydrogen-bond donors (Lipinski definition) is 1. The molecule has 0 spiro atoms. The number of para-hydroxylation sites is 1. The van der Waals surface area contributed by atoms with Crippen molar-refractivity contribution in [3.05, 3.63) is 59.1 Å². The molecule has 25 heavy (non-hydrogen) atoms. The Labute approximate surface area is 151 Å². The topological polar surface area (TPSA) is 81.9 Å². The van der Waals surface area contributed by atoms with Crippen molar-refractivity contribution < 1.29 is 19.1 Å². The molecule has 0 unspecified atom stereocenters. The van der Waals surface area contributed by atoms with Crippen molar-refractivity contribution in [3.8, 4) is 11.5 Å². The average Bonchev–Trinajstić information content (AvgIpc) is 2.61. The van der Waals surface area contributed by atoms with Gasteiger partial charge >= 0.3 is 0 Å². The average molecular weight is 363 g/mol. The molecule has 0 aliphatic carbocycles. The van der Waals surface area contributed by atoms with Crippen LogP contribution in [-0.4, -0.2) is 43.5 Å². The van der Waals surface area contributed by atoms with Crippen LogP contribution in [0.25, 0.3) is 0 Å². The maximum Gasteiger partial charge on any atom is 0.255 e. The van der Waals surface area contributed by atoms with E-state index in [4.69, 9.17) is 26.8 Å². The SMILES string of the molecule is CN(CCOc1ccccc1Cl)C(=O)c1ccc(OCC(N)=O)cc1. The molecule has 0 aliphatic heterocycles. The molecule has 0 atom stereocenters. The lowest BCUT2D eigenvalue weighted by molar-refractivity contribution is -0.119. The van der Waals surface area contributed by atoms with Crippen LogP contribution in [-0.2, 0) is 4.79 Å². The van der Waals surface area contributed by atoms with E-state index in [1.165, 1.54) is 0 Å². The van der Waals surface area contributed by atoms with Crippen LogP contribution in [0.1, 0.15) is 10.4 Å². The number of benzene rings is 2. The summed E-state index contributed by atoms with van der Waals surface area (Å²) in [7, 11) is 1.69. The van der Waals surface area contributed by atoms with E-state index in [1.54, 1.807) is 48.3 Å². The summed E-state index contributed by atoms with van der Waals surface area (Å²) in [5, 5.41) is 0.531. The number of likely N-dealkylation sites (N-methyl/N-ethyl adjacent to an activating group) is 1. The van der Waals surface area contributed by atoms with Crippen molar-refractivity contribution in [2.75, 3.05) is 26.8 Å². The zero-order valence-electron chi connectivity index (χ0n) is 13.8. The lowest BCUT2D eigenvalue weighted by Crippen LogP contribution is -2.30. The van der Waals surface area contributed by atoms with Gasteiger partial charge in [0.2, 0.25) is 0 Å². The fourth-order valence-electron chi connectivity index (χ4n) is 2.02. The Balaban J connectivity index is 1.84. The van der Waals surface area contributed by atoms with Crippen LogP contribution in [0.3, 0.4) is 0 Å². The highest BCUT2D eigenvalue weighted by atomic mass is 35.5. The first kappa shape index (κ1) is 18.6. The Kier molecular flexibility index (Phi) is 6.65. The quantitative estimate of drug-likeness (QED) is 0.781. The lowest BCUT2D eigenvalue weighted by atomic mass is 10.2. The molecule has 0 heterocycles. The molecule has 2 rings (SSSR count). The summed E-state index contributed by atoms with van der Waals surface area (Å²) in [6, 6.07) is 13.7. The van der Waals surface area contributed by atoms with Gasteiger partial charge in [-0.05, 0) is 36.4 Å². The Morgan fingerprint density at radius 3 is 2.40 bits per heavy atom. The second kappa shape index (κ2) is 8.94. The summed E-state index contributed by atoms with van der Waals surface area (Å²) in [5.41, 5.74) is 5.52. The molecule has 2 aromatic carbocycles. The lowest BCUT2D eigenvalue weighted by Gasteiger charge is -2.18. The minimum Gasteiger partial charge on any atom is -0.490 e. The zero-order chi connectivity index (χ0) is 18.2. The monoisotopic (exact) mass is 362 g/mol. The van der Waals surface area contributed by atoms with Gasteiger partial charge in [0, 0.05) is 12.6 Å². The van der Waals surface area contributed by atoms with Gasteiger partial charge in [-0.1, -0.05) is 23.7 Å². The van der Waals surface area contributed by atoms with Crippen LogP contribution in [0, 0.1) is 0 Å². The smallest absolute Gasteiger partial charge is 0.255 e. The summed E-state index contributed by atoms with van der Waals surface area (Å²) in [4.78, 5) is 24.6. The maximum absolute atomic E-state index is 12.4. The van der Waals surface area contributed by atoms with E-state index in [1.807, 2.05) is 12.1 Å². The summed E-state index contributed by atoms with van der Waals surface area (Å²) in [6.07, 6.45) is 0. The molecule has 0 bridgehead atoms. The molecule has 6 nitrogen and oxygen atoms in total. The van der Waals surface area contributed by atoms with Gasteiger partial charge in [-0.15, -0.1) is 0 Å². The van der Waals surface area contributed by atoms with Gasteiger partial charge in [0.25, 0.3) is 11.8 Å². The van der Waals surface area contributed by atoms with E-state index in [9.17, 15) is 9.59 Å². The number of primary amides is 1.